The van der Waals surface area contributed by atoms with Gasteiger partial charge in [-0.2, -0.15) is 0 Å². The van der Waals surface area contributed by atoms with Gasteiger partial charge in [0, 0.05) is 37.8 Å². The Bertz CT molecular complexity index is 697. The van der Waals surface area contributed by atoms with Gasteiger partial charge in [0.25, 0.3) is 11.8 Å². The molecular weight excluding hydrogens is 360 g/mol. The second-order valence-corrected chi connectivity index (χ2v) is 6.99. The van der Waals surface area contributed by atoms with Gasteiger partial charge in [-0.05, 0) is 51.1 Å². The van der Waals surface area contributed by atoms with Crippen molar-refractivity contribution in [2.75, 3.05) is 33.7 Å². The first-order chi connectivity index (χ1) is 13.4. The van der Waals surface area contributed by atoms with Crippen molar-refractivity contribution in [2.24, 2.45) is 0 Å². The Balaban J connectivity index is 1.63. The molecule has 8 nitrogen and oxygen atoms in total. The fraction of sp³-hybridized carbons (Fsp3) is 0.450. The number of hydrogen-bond donors (Lipinski definition) is 3. The molecule has 8 heteroatoms. The zero-order valence-corrected chi connectivity index (χ0v) is 16.4. The normalized spacial score (nSPS) is 14.6. The van der Waals surface area contributed by atoms with Gasteiger partial charge in [0.2, 0.25) is 0 Å². The molecule has 0 radical (unpaired) electrons. The molecule has 152 valence electrons. The van der Waals surface area contributed by atoms with Crippen molar-refractivity contribution in [3.63, 3.8) is 0 Å². The lowest BCUT2D eigenvalue weighted by molar-refractivity contribution is -0.136. The number of nitrogens with one attached hydrogen (secondary N) is 2. The number of nitrogens with zero attached hydrogens (tertiary/aromatic N) is 2. The molecule has 0 aliphatic carbocycles. The summed E-state index contributed by atoms with van der Waals surface area (Å²) in [5, 5.41) is 15.0. The summed E-state index contributed by atoms with van der Waals surface area (Å²) < 4.78 is 0. The van der Waals surface area contributed by atoms with Crippen LogP contribution in [0.25, 0.3) is 0 Å². The van der Waals surface area contributed by atoms with Crippen LogP contribution in [0.3, 0.4) is 0 Å². The Labute approximate surface area is 165 Å². The number of urea groups is 1. The van der Waals surface area contributed by atoms with E-state index in [0.717, 1.165) is 12.0 Å². The van der Waals surface area contributed by atoms with E-state index in [2.05, 4.69) is 10.6 Å². The summed E-state index contributed by atoms with van der Waals surface area (Å²) in [6, 6.07) is 6.93. The molecule has 28 heavy (non-hydrogen) atoms. The van der Waals surface area contributed by atoms with E-state index >= 15 is 0 Å². The average Bonchev–Trinajstić information content (AvgIpc) is 2.98. The largest absolute Gasteiger partial charge is 0.508 e. The van der Waals surface area contributed by atoms with Crippen molar-refractivity contribution in [3.05, 3.63) is 42.0 Å². The van der Waals surface area contributed by atoms with Crippen LogP contribution in [0.5, 0.6) is 5.75 Å². The van der Waals surface area contributed by atoms with Gasteiger partial charge in [-0.15, -0.1) is 0 Å². The Kier molecular flexibility index (Phi) is 8.01. The van der Waals surface area contributed by atoms with E-state index in [1.54, 1.807) is 12.1 Å². The number of phenols is 1. The molecule has 2 rings (SSSR count). The summed E-state index contributed by atoms with van der Waals surface area (Å²) in [6.07, 6.45) is 4.61. The van der Waals surface area contributed by atoms with Crippen LogP contribution < -0.4 is 10.6 Å². The topological polar surface area (TPSA) is 102 Å². The van der Waals surface area contributed by atoms with Gasteiger partial charge in [0.1, 0.15) is 5.75 Å². The Morgan fingerprint density at radius 2 is 1.71 bits per heavy atom. The summed E-state index contributed by atoms with van der Waals surface area (Å²) in [4.78, 5) is 38.1. The summed E-state index contributed by atoms with van der Waals surface area (Å²) >= 11 is 0. The van der Waals surface area contributed by atoms with Gasteiger partial charge in [-0.25, -0.2) is 4.79 Å². The van der Waals surface area contributed by atoms with Crippen molar-refractivity contribution in [3.8, 4) is 5.75 Å². The number of aromatic hydroxyl groups is 1. The first kappa shape index (κ1) is 21.4. The highest BCUT2D eigenvalue weighted by molar-refractivity contribution is 6.12. The number of carbonyl (C=O) groups is 3. The van der Waals surface area contributed by atoms with Crippen molar-refractivity contribution in [2.45, 2.75) is 25.3 Å². The molecule has 1 aromatic rings. The van der Waals surface area contributed by atoms with Gasteiger partial charge in [-0.1, -0.05) is 12.1 Å². The van der Waals surface area contributed by atoms with Gasteiger partial charge in [0.05, 0.1) is 0 Å². The van der Waals surface area contributed by atoms with E-state index < -0.39 is 0 Å². The highest BCUT2D eigenvalue weighted by Crippen LogP contribution is 2.12. The number of amides is 4. The van der Waals surface area contributed by atoms with Crippen LogP contribution in [0.2, 0.25) is 0 Å². The van der Waals surface area contributed by atoms with Gasteiger partial charge in [0.15, 0.2) is 0 Å². The molecule has 0 bridgehead atoms. The minimum Gasteiger partial charge on any atom is -0.508 e. The smallest absolute Gasteiger partial charge is 0.314 e. The maximum absolute atomic E-state index is 12.0. The second-order valence-electron chi connectivity index (χ2n) is 6.99. The summed E-state index contributed by atoms with van der Waals surface area (Å²) in [5.41, 5.74) is 1.08. The van der Waals surface area contributed by atoms with Crippen LogP contribution >= 0.6 is 0 Å². The minimum atomic E-state index is -0.279. The molecule has 0 fully saturated rings. The van der Waals surface area contributed by atoms with Crippen molar-refractivity contribution in [1.82, 2.24) is 20.4 Å². The average molecular weight is 388 g/mol. The molecule has 1 atom stereocenters. The number of hydrogen-bond acceptors (Lipinski definition) is 5. The van der Waals surface area contributed by atoms with E-state index in [4.69, 9.17) is 0 Å². The van der Waals surface area contributed by atoms with Crippen molar-refractivity contribution in [1.29, 1.82) is 0 Å². The number of benzene rings is 1. The van der Waals surface area contributed by atoms with Crippen LogP contribution in [0, 0.1) is 0 Å². The van der Waals surface area contributed by atoms with Crippen LogP contribution in [0.15, 0.2) is 36.4 Å². The van der Waals surface area contributed by atoms with Crippen LogP contribution in [0.1, 0.15) is 18.4 Å². The summed E-state index contributed by atoms with van der Waals surface area (Å²) in [5.74, 6) is -0.324. The van der Waals surface area contributed by atoms with E-state index in [1.807, 2.05) is 31.1 Å². The second kappa shape index (κ2) is 10.5. The molecule has 0 unspecified atom stereocenters. The van der Waals surface area contributed by atoms with Crippen LogP contribution in [-0.4, -0.2) is 72.5 Å². The quantitative estimate of drug-likeness (QED) is 0.408. The van der Waals surface area contributed by atoms with Crippen LogP contribution in [0.4, 0.5) is 4.79 Å². The van der Waals surface area contributed by atoms with Crippen LogP contribution in [-0.2, 0) is 16.0 Å². The van der Waals surface area contributed by atoms with Gasteiger partial charge in [-0.3, -0.25) is 14.5 Å². The standard InChI is InChI=1S/C20H28N4O4/c1-23(2)16(13-15-5-7-17(25)8-6-15)14-22-20(28)21-11-3-4-12-24-18(26)9-10-19(24)27/h5-10,16,25H,3-4,11-14H2,1-2H3,(H2,21,22,28)/t16-/m0/s1. The Hall–Kier alpha value is -2.87. The summed E-state index contributed by atoms with van der Waals surface area (Å²) in [6.45, 7) is 1.32. The lowest BCUT2D eigenvalue weighted by Gasteiger charge is -2.25. The fourth-order valence-corrected chi connectivity index (χ4v) is 2.86. The number of unbranched alkanes of at least 4 members (excludes halogenated alkanes) is 1. The third kappa shape index (κ3) is 6.70. The molecule has 0 aromatic heterocycles. The maximum atomic E-state index is 12.0. The van der Waals surface area contributed by atoms with E-state index in [-0.39, 0.29) is 29.6 Å². The highest BCUT2D eigenvalue weighted by Gasteiger charge is 2.22. The molecule has 0 saturated heterocycles. The van der Waals surface area contributed by atoms with Crippen molar-refractivity contribution >= 4 is 17.8 Å². The fourth-order valence-electron chi connectivity index (χ4n) is 2.86. The van der Waals surface area contributed by atoms with E-state index in [1.165, 1.54) is 17.1 Å². The number of likely N-dealkylation sites (N-methyl/N-ethyl adjacent to an activating group) is 1. The first-order valence-corrected chi connectivity index (χ1v) is 9.36. The number of phenolic OH excluding ortho intramolecular Hbond substituents is 1. The minimum absolute atomic E-state index is 0.120. The Morgan fingerprint density at radius 1 is 1.07 bits per heavy atom. The molecule has 1 aromatic carbocycles. The lowest BCUT2D eigenvalue weighted by atomic mass is 10.1. The first-order valence-electron chi connectivity index (χ1n) is 9.36. The van der Waals surface area contributed by atoms with E-state index in [0.29, 0.717) is 32.5 Å². The zero-order chi connectivity index (χ0) is 20.5. The van der Waals surface area contributed by atoms with E-state index in [9.17, 15) is 19.5 Å². The number of imide groups is 1. The maximum Gasteiger partial charge on any atom is 0.314 e. The molecule has 1 aliphatic rings. The van der Waals surface area contributed by atoms with Gasteiger partial charge >= 0.3 is 6.03 Å². The lowest BCUT2D eigenvalue weighted by Crippen LogP contribution is -2.45. The molecule has 0 saturated carbocycles. The predicted octanol–water partition coefficient (Wildman–Crippen LogP) is 0.869. The summed E-state index contributed by atoms with van der Waals surface area (Å²) in [7, 11) is 3.92. The molecule has 3 N–H and O–H groups in total. The third-order valence-corrected chi connectivity index (χ3v) is 4.63. The Morgan fingerprint density at radius 3 is 2.32 bits per heavy atom. The number of rotatable bonds is 10. The SMILES string of the molecule is CN(C)[C@H](CNC(=O)NCCCCN1C(=O)C=CC1=O)Cc1ccc(O)cc1. The third-order valence-electron chi connectivity index (χ3n) is 4.63. The highest BCUT2D eigenvalue weighted by atomic mass is 16.3. The predicted molar refractivity (Wildman–Crippen MR) is 106 cm³/mol. The molecule has 1 heterocycles. The van der Waals surface area contributed by atoms with Gasteiger partial charge < -0.3 is 20.6 Å². The molecule has 1 aliphatic heterocycles. The number of carbonyl (C=O) groups excluding carboxylic acids is 3. The monoisotopic (exact) mass is 388 g/mol. The zero-order valence-electron chi connectivity index (χ0n) is 16.4. The molecule has 4 amide bonds. The van der Waals surface area contributed by atoms with Crippen molar-refractivity contribution < 1.29 is 19.5 Å². The molecule has 0 spiro atoms. The molecular formula is C20H28N4O4.